The van der Waals surface area contributed by atoms with Crippen LogP contribution in [0, 0.1) is 0 Å². The van der Waals surface area contributed by atoms with Crippen LogP contribution in [0.4, 0.5) is 0 Å². The molecule has 146 valence electrons. The number of hydrogen-bond donors (Lipinski definition) is 1. The third-order valence-corrected chi connectivity index (χ3v) is 7.72. The number of carbonyl (C=O) groups excluding carboxylic acids is 1. The average Bonchev–Trinajstić information content (AvgIpc) is 3.16. The number of nitrogens with one attached hydrogen (secondary N) is 1. The molecule has 1 aromatic carbocycles. The van der Waals surface area contributed by atoms with Crippen molar-refractivity contribution in [1.29, 1.82) is 0 Å². The number of sulfonamides is 1. The lowest BCUT2D eigenvalue weighted by Gasteiger charge is -2.25. The first-order chi connectivity index (χ1) is 12.9. The van der Waals surface area contributed by atoms with E-state index >= 15 is 0 Å². The Kier molecular flexibility index (Phi) is 6.38. The first-order valence-electron chi connectivity index (χ1n) is 8.20. The number of methoxy groups -OCH3 is 1. The summed E-state index contributed by atoms with van der Waals surface area (Å²) in [5.41, 5.74) is 0.361. The van der Waals surface area contributed by atoms with E-state index in [-0.39, 0.29) is 16.7 Å². The third kappa shape index (κ3) is 4.61. The van der Waals surface area contributed by atoms with Gasteiger partial charge in [-0.05, 0) is 30.3 Å². The molecular formula is C17H19ClN2O5S2. The van der Waals surface area contributed by atoms with Crippen molar-refractivity contribution in [2.75, 3.05) is 33.4 Å². The van der Waals surface area contributed by atoms with Gasteiger partial charge in [0, 0.05) is 23.0 Å². The maximum absolute atomic E-state index is 12.6. The second-order valence-corrected chi connectivity index (χ2v) is 9.53. The van der Waals surface area contributed by atoms with Gasteiger partial charge in [-0.15, -0.1) is 11.3 Å². The lowest BCUT2D eigenvalue weighted by atomic mass is 10.2. The van der Waals surface area contributed by atoms with Crippen LogP contribution in [0.5, 0.6) is 5.75 Å². The summed E-state index contributed by atoms with van der Waals surface area (Å²) in [4.78, 5) is 13.1. The predicted octanol–water partition coefficient (Wildman–Crippen LogP) is 2.36. The smallest absolute Gasteiger partial charge is 0.255 e. The van der Waals surface area contributed by atoms with Crippen molar-refractivity contribution in [1.82, 2.24) is 9.62 Å². The molecule has 1 aliphatic rings. The summed E-state index contributed by atoms with van der Waals surface area (Å²) in [6, 6.07) is 8.03. The van der Waals surface area contributed by atoms with Crippen molar-refractivity contribution in [2.24, 2.45) is 0 Å². The van der Waals surface area contributed by atoms with Gasteiger partial charge in [0.25, 0.3) is 15.9 Å². The van der Waals surface area contributed by atoms with Gasteiger partial charge in [-0.1, -0.05) is 11.6 Å². The van der Waals surface area contributed by atoms with Gasteiger partial charge in [0.1, 0.15) is 9.96 Å². The molecule has 2 heterocycles. The Morgan fingerprint density at radius 1 is 1.30 bits per heavy atom. The quantitative estimate of drug-likeness (QED) is 0.760. The van der Waals surface area contributed by atoms with Crippen LogP contribution in [0.1, 0.15) is 15.2 Å². The minimum absolute atomic E-state index is 0.216. The Hall–Kier alpha value is -1.65. The minimum Gasteiger partial charge on any atom is -0.496 e. The molecule has 0 radical (unpaired) electrons. The minimum atomic E-state index is -3.52. The van der Waals surface area contributed by atoms with Crippen LogP contribution in [0.2, 0.25) is 5.02 Å². The van der Waals surface area contributed by atoms with E-state index in [4.69, 9.17) is 21.1 Å². The van der Waals surface area contributed by atoms with Crippen LogP contribution in [0.3, 0.4) is 0 Å². The molecule has 1 aliphatic heterocycles. The van der Waals surface area contributed by atoms with Gasteiger partial charge in [0.05, 0.1) is 32.4 Å². The molecule has 1 aromatic heterocycles. The van der Waals surface area contributed by atoms with E-state index in [0.29, 0.717) is 42.6 Å². The highest BCUT2D eigenvalue weighted by Gasteiger charge is 2.27. The fourth-order valence-electron chi connectivity index (χ4n) is 2.62. The number of hydrogen-bond acceptors (Lipinski definition) is 6. The van der Waals surface area contributed by atoms with E-state index in [1.807, 2.05) is 0 Å². The van der Waals surface area contributed by atoms with Crippen LogP contribution in [-0.4, -0.2) is 52.0 Å². The Morgan fingerprint density at radius 2 is 2.04 bits per heavy atom. The monoisotopic (exact) mass is 430 g/mol. The van der Waals surface area contributed by atoms with Crippen molar-refractivity contribution in [3.8, 4) is 5.75 Å². The first-order valence-corrected chi connectivity index (χ1v) is 10.8. The Balaban J connectivity index is 1.67. The number of thiophene rings is 1. The Bertz CT molecular complexity index is 923. The van der Waals surface area contributed by atoms with Crippen LogP contribution < -0.4 is 10.1 Å². The molecule has 10 heteroatoms. The number of nitrogens with zero attached hydrogens (tertiary/aromatic N) is 1. The zero-order chi connectivity index (χ0) is 19.4. The highest BCUT2D eigenvalue weighted by Crippen LogP contribution is 2.26. The van der Waals surface area contributed by atoms with Crippen LogP contribution in [0.25, 0.3) is 0 Å². The van der Waals surface area contributed by atoms with Crippen LogP contribution >= 0.6 is 22.9 Å². The van der Waals surface area contributed by atoms with E-state index in [2.05, 4.69) is 5.32 Å². The molecule has 1 amide bonds. The molecule has 0 aliphatic carbocycles. The number of benzene rings is 1. The van der Waals surface area contributed by atoms with Gasteiger partial charge < -0.3 is 14.8 Å². The summed E-state index contributed by atoms with van der Waals surface area (Å²) in [6.07, 6.45) is 0. The van der Waals surface area contributed by atoms with Crippen LogP contribution in [-0.2, 0) is 21.3 Å². The van der Waals surface area contributed by atoms with Crippen molar-refractivity contribution in [2.45, 2.75) is 10.8 Å². The molecule has 0 saturated carbocycles. The number of morpholine rings is 1. The molecule has 27 heavy (non-hydrogen) atoms. The van der Waals surface area contributed by atoms with Gasteiger partial charge >= 0.3 is 0 Å². The van der Waals surface area contributed by atoms with Gasteiger partial charge in [-0.2, -0.15) is 4.31 Å². The summed E-state index contributed by atoms with van der Waals surface area (Å²) >= 11 is 7.05. The number of carbonyl (C=O) groups is 1. The number of halogens is 1. The summed E-state index contributed by atoms with van der Waals surface area (Å²) in [6.45, 7) is 1.71. The van der Waals surface area contributed by atoms with Gasteiger partial charge in [-0.3, -0.25) is 4.79 Å². The largest absolute Gasteiger partial charge is 0.496 e. The van der Waals surface area contributed by atoms with E-state index in [0.717, 1.165) is 16.2 Å². The summed E-state index contributed by atoms with van der Waals surface area (Å²) in [7, 11) is -2.06. The van der Waals surface area contributed by atoms with E-state index in [9.17, 15) is 13.2 Å². The first kappa shape index (κ1) is 20.1. The van der Waals surface area contributed by atoms with Gasteiger partial charge in [0.15, 0.2) is 0 Å². The average molecular weight is 431 g/mol. The summed E-state index contributed by atoms with van der Waals surface area (Å²) in [5.74, 6) is 0.0521. The highest BCUT2D eigenvalue weighted by atomic mass is 35.5. The third-order valence-electron chi connectivity index (χ3n) is 4.03. The number of rotatable bonds is 6. The van der Waals surface area contributed by atoms with Crippen molar-refractivity contribution in [3.63, 3.8) is 0 Å². The van der Waals surface area contributed by atoms with Crippen molar-refractivity contribution in [3.05, 3.63) is 45.8 Å². The molecule has 0 spiro atoms. The summed E-state index contributed by atoms with van der Waals surface area (Å²) < 4.78 is 37.3. The zero-order valence-corrected chi connectivity index (χ0v) is 17.0. The Labute approximate surface area is 166 Å². The molecule has 1 fully saturated rings. The second-order valence-electron chi connectivity index (χ2n) is 5.76. The standard InChI is InChI=1S/C17H19ClN2O5S2/c1-24-15-10-12(18)2-4-14(15)17(21)19-11-13-3-5-16(26-13)27(22,23)20-6-8-25-9-7-20/h2-5,10H,6-9,11H2,1H3,(H,19,21). The van der Waals surface area contributed by atoms with Crippen LogP contribution in [0.15, 0.2) is 34.5 Å². The molecule has 0 unspecified atom stereocenters. The maximum atomic E-state index is 12.6. The molecule has 7 nitrogen and oxygen atoms in total. The number of amides is 1. The van der Waals surface area contributed by atoms with Gasteiger partial charge in [0.2, 0.25) is 0 Å². The number of ether oxygens (including phenoxy) is 2. The molecular weight excluding hydrogens is 412 g/mol. The topological polar surface area (TPSA) is 84.9 Å². The normalized spacial score (nSPS) is 15.5. The molecule has 0 atom stereocenters. The molecule has 1 saturated heterocycles. The second kappa shape index (κ2) is 8.57. The van der Waals surface area contributed by atoms with E-state index < -0.39 is 10.0 Å². The lowest BCUT2D eigenvalue weighted by molar-refractivity contribution is 0.0731. The Morgan fingerprint density at radius 3 is 2.74 bits per heavy atom. The van der Waals surface area contributed by atoms with Gasteiger partial charge in [-0.25, -0.2) is 8.42 Å². The fraction of sp³-hybridized carbons (Fsp3) is 0.353. The molecule has 1 N–H and O–H groups in total. The predicted molar refractivity (Wildman–Crippen MR) is 103 cm³/mol. The zero-order valence-electron chi connectivity index (χ0n) is 14.6. The van der Waals surface area contributed by atoms with E-state index in [1.54, 1.807) is 30.3 Å². The van der Waals surface area contributed by atoms with Crippen molar-refractivity contribution >= 4 is 38.9 Å². The molecule has 2 aromatic rings. The maximum Gasteiger partial charge on any atom is 0.255 e. The SMILES string of the molecule is COc1cc(Cl)ccc1C(=O)NCc1ccc(S(=O)(=O)N2CCOCC2)s1. The summed E-state index contributed by atoms with van der Waals surface area (Å²) in [5, 5.41) is 3.25. The lowest BCUT2D eigenvalue weighted by Crippen LogP contribution is -2.40. The molecule has 0 bridgehead atoms. The highest BCUT2D eigenvalue weighted by molar-refractivity contribution is 7.91. The molecule has 3 rings (SSSR count). The van der Waals surface area contributed by atoms with E-state index in [1.165, 1.54) is 11.4 Å². The fourth-order valence-corrected chi connectivity index (χ4v) is 5.64. The van der Waals surface area contributed by atoms with Crippen molar-refractivity contribution < 1.29 is 22.7 Å².